The number of nitrogens with two attached hydrogens (primary N) is 3. The summed E-state index contributed by atoms with van der Waals surface area (Å²) in [5.74, 6) is 2.84. The molecule has 2 atom stereocenters. The molecule has 2 fully saturated rings. The highest BCUT2D eigenvalue weighted by Crippen LogP contribution is 2.32. The van der Waals surface area contributed by atoms with E-state index >= 15 is 0 Å². The number of hydrogen-bond donors (Lipinski definition) is 7. The Morgan fingerprint density at radius 2 is 1.50 bits per heavy atom. The van der Waals surface area contributed by atoms with Crippen LogP contribution in [0, 0.1) is 5.92 Å². The Morgan fingerprint density at radius 3 is 2.16 bits per heavy atom. The van der Waals surface area contributed by atoms with E-state index in [9.17, 15) is 28.8 Å². The van der Waals surface area contributed by atoms with Crippen molar-refractivity contribution < 1.29 is 66.7 Å². The first kappa shape index (κ1) is 64.3. The Bertz CT molecular complexity index is 2740. The molecule has 2 aliphatic heterocycles. The SMILES string of the molecule is CCCCOc1nc(N)c2[nH]c(=O)n(Cc3ccc(CN4CC5(C4)CN(C(=O)OCc4ccc(NC(=O)[C@H](CCCCN)NC(=O)[C@@H](NC(=O)CCOCCOCCOCCOCCON)C(C)C)cc4)CCO5)cc3C(=O)OC)c2n1. The van der Waals surface area contributed by atoms with E-state index in [-0.39, 0.29) is 73.2 Å². The lowest BCUT2D eigenvalue weighted by Gasteiger charge is -2.53. The molecule has 4 aromatic rings. The van der Waals surface area contributed by atoms with Gasteiger partial charge in [0.1, 0.15) is 29.8 Å². The van der Waals surface area contributed by atoms with Crippen LogP contribution in [0.4, 0.5) is 16.3 Å². The number of carbonyl (C=O) groups is 5. The van der Waals surface area contributed by atoms with Crippen LogP contribution in [0.5, 0.6) is 6.01 Å². The number of esters is 1. The molecule has 452 valence electrons. The lowest BCUT2D eigenvalue weighted by molar-refractivity contribution is -0.181. The van der Waals surface area contributed by atoms with Gasteiger partial charge in [0, 0.05) is 38.3 Å². The summed E-state index contributed by atoms with van der Waals surface area (Å²) in [6, 6.07) is 10.5. The van der Waals surface area contributed by atoms with E-state index < -0.39 is 47.3 Å². The largest absolute Gasteiger partial charge is 0.465 e. The summed E-state index contributed by atoms with van der Waals surface area (Å²) in [4.78, 5) is 99.4. The molecule has 4 amide bonds. The number of nitrogens with one attached hydrogen (secondary N) is 4. The van der Waals surface area contributed by atoms with Gasteiger partial charge < -0.3 is 80.0 Å². The minimum Gasteiger partial charge on any atom is -0.465 e. The third-order valence-electron chi connectivity index (χ3n) is 13.6. The highest BCUT2D eigenvalue weighted by atomic mass is 16.6. The molecular weight excluding hydrogens is 1070 g/mol. The fourth-order valence-electron chi connectivity index (χ4n) is 9.20. The van der Waals surface area contributed by atoms with E-state index in [4.69, 9.17) is 55.3 Å². The topological polar surface area (TPSA) is 353 Å². The van der Waals surface area contributed by atoms with E-state index in [1.807, 2.05) is 13.0 Å². The maximum atomic E-state index is 13.7. The number of methoxy groups -OCH3 is 1. The van der Waals surface area contributed by atoms with Gasteiger partial charge in [0.2, 0.25) is 17.7 Å². The van der Waals surface area contributed by atoms with Gasteiger partial charge in [-0.3, -0.25) is 23.9 Å². The maximum Gasteiger partial charge on any atom is 0.410 e. The number of ether oxygens (including phenoxy) is 8. The number of nitrogen functional groups attached to an aromatic ring is 1. The Hall–Kier alpha value is -6.82. The third-order valence-corrected chi connectivity index (χ3v) is 13.6. The smallest absolute Gasteiger partial charge is 0.410 e. The molecule has 2 saturated heterocycles. The van der Waals surface area contributed by atoms with Crippen molar-refractivity contribution in [1.29, 1.82) is 0 Å². The molecule has 0 unspecified atom stereocenters. The summed E-state index contributed by atoms with van der Waals surface area (Å²) in [5, 5.41) is 8.51. The third kappa shape index (κ3) is 19.7. The molecule has 0 aliphatic carbocycles. The number of unbranched alkanes of at least 4 members (excludes halogenated alkanes) is 2. The van der Waals surface area contributed by atoms with Crippen molar-refractivity contribution in [2.24, 2.45) is 17.5 Å². The molecule has 0 radical (unpaired) electrons. The molecule has 10 N–H and O–H groups in total. The predicted molar refractivity (Wildman–Crippen MR) is 300 cm³/mol. The number of H-pyrrole nitrogens is 1. The number of morpholine rings is 1. The number of likely N-dealkylation sites (tertiary alicyclic amines) is 1. The van der Waals surface area contributed by atoms with E-state index in [0.717, 1.165) is 18.4 Å². The van der Waals surface area contributed by atoms with Crippen molar-refractivity contribution in [3.63, 3.8) is 0 Å². The van der Waals surface area contributed by atoms with Crippen LogP contribution >= 0.6 is 0 Å². The second-order valence-electron chi connectivity index (χ2n) is 20.3. The lowest BCUT2D eigenvalue weighted by atomic mass is 9.91. The van der Waals surface area contributed by atoms with Crippen molar-refractivity contribution in [3.8, 4) is 6.01 Å². The second-order valence-corrected chi connectivity index (χ2v) is 20.3. The van der Waals surface area contributed by atoms with Crippen LogP contribution in [0.3, 0.4) is 0 Å². The van der Waals surface area contributed by atoms with Crippen molar-refractivity contribution in [3.05, 3.63) is 75.2 Å². The van der Waals surface area contributed by atoms with Gasteiger partial charge >= 0.3 is 23.8 Å². The molecule has 0 bridgehead atoms. The first-order valence-corrected chi connectivity index (χ1v) is 27.9. The van der Waals surface area contributed by atoms with Crippen LogP contribution in [0.15, 0.2) is 47.3 Å². The van der Waals surface area contributed by atoms with Crippen LogP contribution in [-0.2, 0) is 72.1 Å². The molecule has 27 nitrogen and oxygen atoms in total. The van der Waals surface area contributed by atoms with Gasteiger partial charge in [-0.25, -0.2) is 20.3 Å². The standard InChI is InChI=1S/C55H82N12O15/c1-5-6-19-79-52-63-47(57)46-48(64-52)67(53(72)62-46)32-40-13-10-39(30-42(40)51(71)74-4)31-65-34-55(35-65)36-66(18-21-81-55)54(73)80-33-38-11-14-41(15-12-38)59-49(69)43(9-7-8-17-56)60-50(70)45(37(2)3)61-44(68)16-20-75-22-23-76-24-25-77-26-27-78-28-29-82-58/h10-15,30,37,43,45H,5-9,16-29,31-36,56,58H2,1-4H3,(H,59,69)(H,60,70)(H,61,68)(H,62,72)(H2,57,63,64)/t43-,45-/m0/s1. The number of hydrogen-bond acceptors (Lipinski definition) is 21. The van der Waals surface area contributed by atoms with Crippen molar-refractivity contribution in [1.82, 2.24) is 40.0 Å². The summed E-state index contributed by atoms with van der Waals surface area (Å²) in [7, 11) is 1.30. The summed E-state index contributed by atoms with van der Waals surface area (Å²) < 4.78 is 45.8. The Kier molecular flexibility index (Phi) is 26.2. The summed E-state index contributed by atoms with van der Waals surface area (Å²) in [6.07, 6.45) is 2.77. The van der Waals surface area contributed by atoms with Crippen LogP contribution in [0.25, 0.3) is 11.2 Å². The molecule has 2 aromatic heterocycles. The van der Waals surface area contributed by atoms with Gasteiger partial charge in [-0.1, -0.05) is 51.5 Å². The second kappa shape index (κ2) is 33.3. The Labute approximate surface area is 476 Å². The van der Waals surface area contributed by atoms with Crippen LogP contribution in [0.2, 0.25) is 0 Å². The van der Waals surface area contributed by atoms with E-state index in [1.165, 1.54) is 11.7 Å². The van der Waals surface area contributed by atoms with Gasteiger partial charge in [0.15, 0.2) is 11.5 Å². The van der Waals surface area contributed by atoms with Crippen molar-refractivity contribution in [2.75, 3.05) is 124 Å². The van der Waals surface area contributed by atoms with E-state index in [2.05, 4.69) is 40.6 Å². The number of rotatable bonds is 36. The predicted octanol–water partition coefficient (Wildman–Crippen LogP) is 1.98. The normalized spacial score (nSPS) is 14.8. The number of fused-ring (bicyclic) bond motifs is 1. The lowest BCUT2D eigenvalue weighted by Crippen LogP contribution is -2.70. The Morgan fingerprint density at radius 1 is 0.817 bits per heavy atom. The minimum atomic E-state index is -0.915. The number of anilines is 2. The monoisotopic (exact) mass is 1150 g/mol. The van der Waals surface area contributed by atoms with Crippen LogP contribution < -0.4 is 43.7 Å². The molecule has 2 aliphatic rings. The van der Waals surface area contributed by atoms with Gasteiger partial charge in [-0.15, -0.1) is 0 Å². The fourth-order valence-corrected chi connectivity index (χ4v) is 9.20. The molecule has 0 saturated carbocycles. The van der Waals surface area contributed by atoms with Crippen LogP contribution in [-0.4, -0.2) is 189 Å². The number of imidazole rings is 1. The highest BCUT2D eigenvalue weighted by Gasteiger charge is 2.48. The average Bonchev–Trinajstić information content (AvgIpc) is 2.97. The summed E-state index contributed by atoms with van der Waals surface area (Å²) >= 11 is 0. The molecule has 4 heterocycles. The quantitative estimate of drug-likeness (QED) is 0.0194. The molecule has 6 rings (SSSR count). The summed E-state index contributed by atoms with van der Waals surface area (Å²) in [6.45, 7) is 12.0. The van der Waals surface area contributed by atoms with Crippen molar-refractivity contribution >= 4 is 52.5 Å². The van der Waals surface area contributed by atoms with E-state index in [0.29, 0.717) is 135 Å². The number of aromatic nitrogens is 4. The zero-order valence-electron chi connectivity index (χ0n) is 47.5. The summed E-state index contributed by atoms with van der Waals surface area (Å²) in [5.41, 5.74) is 14.1. The molecule has 27 heteroatoms. The maximum absolute atomic E-state index is 13.7. The van der Waals surface area contributed by atoms with Gasteiger partial charge in [0.25, 0.3) is 0 Å². The number of carbonyl (C=O) groups excluding carboxylic acids is 5. The highest BCUT2D eigenvalue weighted by molar-refractivity contribution is 5.98. The first-order valence-electron chi connectivity index (χ1n) is 27.9. The van der Waals surface area contributed by atoms with E-state index in [1.54, 1.807) is 55.1 Å². The van der Waals surface area contributed by atoms with Gasteiger partial charge in [-0.05, 0) is 73.0 Å². The first-order chi connectivity index (χ1) is 39.7. The van der Waals surface area contributed by atoms with Crippen molar-refractivity contribution in [2.45, 2.75) is 96.7 Å². The van der Waals surface area contributed by atoms with Gasteiger partial charge in [0.05, 0.1) is 98.4 Å². The zero-order chi connectivity index (χ0) is 58.9. The fraction of sp³-hybridized carbons (Fsp3) is 0.600. The minimum absolute atomic E-state index is 0.00325. The molecular formula is C55H82N12O15. The molecule has 1 spiro atoms. The van der Waals surface area contributed by atoms with Crippen LogP contribution in [0.1, 0.15) is 86.3 Å². The molecule has 2 aromatic carbocycles. The number of aromatic amines is 1. The Balaban J connectivity index is 0.929. The number of amides is 4. The molecule has 82 heavy (non-hydrogen) atoms. The zero-order valence-corrected chi connectivity index (χ0v) is 47.5. The van der Waals surface area contributed by atoms with Gasteiger partial charge in [-0.2, -0.15) is 9.97 Å². The number of nitrogens with zero attached hydrogens (tertiary/aromatic N) is 5. The number of benzene rings is 2. The average molecular weight is 1150 g/mol.